The van der Waals surface area contributed by atoms with Gasteiger partial charge in [-0.05, 0) is 32.4 Å². The van der Waals surface area contributed by atoms with Gasteiger partial charge in [-0.25, -0.2) is 0 Å². The number of rotatable bonds is 4. The van der Waals surface area contributed by atoms with Gasteiger partial charge >= 0.3 is 0 Å². The highest BCUT2D eigenvalue weighted by Crippen LogP contribution is 2.22. The molecular formula is C15H20N2O3S. The number of aryl methyl sites for hydroxylation is 1. The van der Waals surface area contributed by atoms with Crippen molar-refractivity contribution in [1.29, 1.82) is 0 Å². The quantitative estimate of drug-likeness (QED) is 0.854. The van der Waals surface area contributed by atoms with Crippen molar-refractivity contribution < 1.29 is 13.2 Å². The van der Waals surface area contributed by atoms with E-state index in [0.717, 1.165) is 5.56 Å². The van der Waals surface area contributed by atoms with Gasteiger partial charge in [0.05, 0.1) is 23.1 Å². The predicted molar refractivity (Wildman–Crippen MR) is 81.8 cm³/mol. The molecule has 1 atom stereocenters. The Morgan fingerprint density at radius 2 is 1.86 bits per heavy atom. The van der Waals surface area contributed by atoms with E-state index >= 15 is 0 Å². The molecule has 0 N–H and O–H groups in total. The molecule has 21 heavy (non-hydrogen) atoms. The lowest BCUT2D eigenvalue weighted by molar-refractivity contribution is -0.130. The maximum Gasteiger partial charge on any atom is 0.282 e. The van der Waals surface area contributed by atoms with Crippen LogP contribution in [0.3, 0.4) is 0 Å². The molecule has 1 unspecified atom stereocenters. The first-order valence-corrected chi connectivity index (χ1v) is 8.52. The standard InChI is InChI=1S/C15H20N2O3S/c1-4-13-14(10-17(5-2)15(13)18)16-21(19,20)12-8-6-11(3)7-9-12/h6-9,13H,4-5,10H2,1-3H3. The van der Waals surface area contributed by atoms with E-state index in [1.165, 1.54) is 0 Å². The zero-order valence-corrected chi connectivity index (χ0v) is 13.4. The summed E-state index contributed by atoms with van der Waals surface area (Å²) in [5.74, 6) is -0.442. The molecule has 1 fully saturated rings. The molecule has 0 aliphatic carbocycles. The third kappa shape index (κ3) is 3.15. The number of hydrogen-bond donors (Lipinski definition) is 0. The van der Waals surface area contributed by atoms with Gasteiger partial charge in [-0.3, -0.25) is 4.79 Å². The molecule has 0 radical (unpaired) electrons. The summed E-state index contributed by atoms with van der Waals surface area (Å²) in [7, 11) is -3.75. The molecule has 1 saturated heterocycles. The van der Waals surface area contributed by atoms with Gasteiger partial charge in [-0.2, -0.15) is 12.8 Å². The number of benzene rings is 1. The van der Waals surface area contributed by atoms with E-state index in [2.05, 4.69) is 4.40 Å². The van der Waals surface area contributed by atoms with E-state index in [4.69, 9.17) is 0 Å². The van der Waals surface area contributed by atoms with Gasteiger partial charge in [-0.1, -0.05) is 24.6 Å². The smallest absolute Gasteiger partial charge is 0.282 e. The van der Waals surface area contributed by atoms with Crippen LogP contribution in [0.2, 0.25) is 0 Å². The Balaban J connectivity index is 2.37. The molecule has 1 aromatic rings. The number of amides is 1. The normalized spacial score (nSPS) is 21.3. The Morgan fingerprint density at radius 3 is 2.38 bits per heavy atom. The topological polar surface area (TPSA) is 66.8 Å². The van der Waals surface area contributed by atoms with Gasteiger partial charge in [0.1, 0.15) is 0 Å². The monoisotopic (exact) mass is 308 g/mol. The Hall–Kier alpha value is -1.69. The van der Waals surface area contributed by atoms with Crippen molar-refractivity contribution in [3.05, 3.63) is 29.8 Å². The van der Waals surface area contributed by atoms with Crippen LogP contribution in [0.1, 0.15) is 25.8 Å². The number of hydrogen-bond acceptors (Lipinski definition) is 3. The molecule has 0 spiro atoms. The molecule has 1 aliphatic rings. The Kier molecular flexibility index (Phi) is 4.46. The van der Waals surface area contributed by atoms with Crippen molar-refractivity contribution in [1.82, 2.24) is 4.90 Å². The molecule has 1 aromatic carbocycles. The average molecular weight is 308 g/mol. The summed E-state index contributed by atoms with van der Waals surface area (Å²) in [5.41, 5.74) is 1.44. The molecule has 0 aromatic heterocycles. The lowest BCUT2D eigenvalue weighted by Crippen LogP contribution is -2.26. The first-order chi connectivity index (χ1) is 9.89. The van der Waals surface area contributed by atoms with E-state index in [1.807, 2.05) is 20.8 Å². The lowest BCUT2D eigenvalue weighted by atomic mass is 10.0. The molecular weight excluding hydrogens is 288 g/mol. The molecule has 1 amide bonds. The Bertz CT molecular complexity index is 663. The summed E-state index contributed by atoms with van der Waals surface area (Å²) in [6.45, 7) is 6.51. The predicted octanol–water partition coefficient (Wildman–Crippen LogP) is 2.01. The largest absolute Gasteiger partial charge is 0.337 e. The van der Waals surface area contributed by atoms with Crippen molar-refractivity contribution >= 4 is 21.6 Å². The summed E-state index contributed by atoms with van der Waals surface area (Å²) in [5, 5.41) is 0. The second-order valence-corrected chi connectivity index (χ2v) is 6.79. The maximum absolute atomic E-state index is 12.3. The number of carbonyl (C=O) groups is 1. The highest BCUT2D eigenvalue weighted by atomic mass is 32.2. The minimum Gasteiger partial charge on any atom is -0.337 e. The Morgan fingerprint density at radius 1 is 1.24 bits per heavy atom. The van der Waals surface area contributed by atoms with Crippen molar-refractivity contribution in [2.24, 2.45) is 10.3 Å². The first-order valence-electron chi connectivity index (χ1n) is 7.08. The zero-order chi connectivity index (χ0) is 15.6. The van der Waals surface area contributed by atoms with Crippen molar-refractivity contribution in [2.75, 3.05) is 13.1 Å². The van der Waals surface area contributed by atoms with Gasteiger partial charge in [0.15, 0.2) is 0 Å². The van der Waals surface area contributed by atoms with Gasteiger partial charge < -0.3 is 4.90 Å². The van der Waals surface area contributed by atoms with Gasteiger partial charge in [0.25, 0.3) is 10.0 Å². The molecule has 1 aliphatic heterocycles. The van der Waals surface area contributed by atoms with Gasteiger partial charge in [-0.15, -0.1) is 0 Å². The average Bonchev–Trinajstić information content (AvgIpc) is 2.74. The fourth-order valence-electron chi connectivity index (χ4n) is 2.43. The molecule has 0 bridgehead atoms. The van der Waals surface area contributed by atoms with E-state index in [0.29, 0.717) is 25.2 Å². The second kappa shape index (κ2) is 5.97. The third-order valence-corrected chi connectivity index (χ3v) is 5.05. The van der Waals surface area contributed by atoms with E-state index in [9.17, 15) is 13.2 Å². The molecule has 6 heteroatoms. The third-order valence-electron chi connectivity index (χ3n) is 3.71. The highest BCUT2D eigenvalue weighted by Gasteiger charge is 2.36. The van der Waals surface area contributed by atoms with Gasteiger partial charge in [0, 0.05) is 6.54 Å². The van der Waals surface area contributed by atoms with Crippen molar-refractivity contribution in [3.8, 4) is 0 Å². The van der Waals surface area contributed by atoms with Gasteiger partial charge in [0.2, 0.25) is 5.91 Å². The molecule has 0 saturated carbocycles. The number of carbonyl (C=O) groups excluding carboxylic acids is 1. The minimum absolute atomic E-state index is 0.0298. The second-order valence-electron chi connectivity index (χ2n) is 5.18. The molecule has 2 rings (SSSR count). The number of nitrogens with zero attached hydrogens (tertiary/aromatic N) is 2. The van der Waals surface area contributed by atoms with Crippen molar-refractivity contribution in [2.45, 2.75) is 32.1 Å². The van der Waals surface area contributed by atoms with Crippen LogP contribution in [0.5, 0.6) is 0 Å². The summed E-state index contributed by atoms with van der Waals surface area (Å²) in [6.07, 6.45) is 0.567. The Labute approximate surface area is 125 Å². The highest BCUT2D eigenvalue weighted by molar-refractivity contribution is 7.90. The maximum atomic E-state index is 12.3. The summed E-state index contributed by atoms with van der Waals surface area (Å²) in [6, 6.07) is 6.57. The first kappa shape index (κ1) is 15.7. The fourth-order valence-corrected chi connectivity index (χ4v) is 3.51. The van der Waals surface area contributed by atoms with E-state index < -0.39 is 15.9 Å². The van der Waals surface area contributed by atoms with Crippen LogP contribution >= 0.6 is 0 Å². The minimum atomic E-state index is -3.75. The fraction of sp³-hybridized carbons (Fsp3) is 0.467. The molecule has 1 heterocycles. The van der Waals surface area contributed by atoms with Crippen LogP contribution in [0, 0.1) is 12.8 Å². The summed E-state index contributed by atoms with van der Waals surface area (Å²) in [4.78, 5) is 13.9. The molecule has 5 nitrogen and oxygen atoms in total. The van der Waals surface area contributed by atoms with Crippen LogP contribution in [0.25, 0.3) is 0 Å². The summed E-state index contributed by atoms with van der Waals surface area (Å²) < 4.78 is 28.6. The van der Waals surface area contributed by atoms with Crippen LogP contribution in [0.15, 0.2) is 33.6 Å². The van der Waals surface area contributed by atoms with E-state index in [-0.39, 0.29) is 10.8 Å². The zero-order valence-electron chi connectivity index (χ0n) is 12.5. The van der Waals surface area contributed by atoms with Crippen LogP contribution in [-0.4, -0.2) is 38.0 Å². The van der Waals surface area contributed by atoms with Crippen molar-refractivity contribution in [3.63, 3.8) is 0 Å². The van der Waals surface area contributed by atoms with Crippen LogP contribution < -0.4 is 0 Å². The number of sulfonamides is 1. The van der Waals surface area contributed by atoms with E-state index in [1.54, 1.807) is 29.2 Å². The lowest BCUT2D eigenvalue weighted by Gasteiger charge is -2.11. The summed E-state index contributed by atoms with van der Waals surface area (Å²) >= 11 is 0. The SMILES string of the molecule is CCC1C(=O)N(CC)CC1=NS(=O)(=O)c1ccc(C)cc1. The van der Waals surface area contributed by atoms with Crippen LogP contribution in [0.4, 0.5) is 0 Å². The molecule has 114 valence electrons. The number of likely N-dealkylation sites (tertiary alicyclic amines) is 1. The van der Waals surface area contributed by atoms with Crippen LogP contribution in [-0.2, 0) is 14.8 Å².